The minimum Gasteiger partial charge on any atom is -0.480 e. The Morgan fingerprint density at radius 2 is 1.90 bits per heavy atom. The average Bonchev–Trinajstić information content (AvgIpc) is 3.18. The highest BCUT2D eigenvalue weighted by Crippen LogP contribution is 2.27. The zero-order chi connectivity index (χ0) is 15.9. The normalized spacial score (nSPS) is 18.5. The molecule has 2 N–H and O–H groups in total. The molecule has 0 spiro atoms. The number of rotatable bonds is 11. The summed E-state index contributed by atoms with van der Waals surface area (Å²) in [5.74, 6) is -0.743. The van der Waals surface area contributed by atoms with Crippen LogP contribution in [0.1, 0.15) is 59.8 Å². The van der Waals surface area contributed by atoms with Gasteiger partial charge in [0.15, 0.2) is 0 Å². The number of aliphatic carboxylic acids is 1. The van der Waals surface area contributed by atoms with E-state index in [1.807, 2.05) is 27.7 Å². The highest BCUT2D eigenvalue weighted by atomic mass is 16.5. The maximum absolute atomic E-state index is 11.6. The highest BCUT2D eigenvalue weighted by molar-refractivity contribution is 5.78. The molecular formula is C16H31NO4. The second-order valence-corrected chi connectivity index (χ2v) is 6.84. The molecule has 21 heavy (non-hydrogen) atoms. The maximum atomic E-state index is 11.6. The van der Waals surface area contributed by atoms with E-state index in [4.69, 9.17) is 9.47 Å². The van der Waals surface area contributed by atoms with Crippen LogP contribution in [0.25, 0.3) is 0 Å². The maximum Gasteiger partial charge on any atom is 0.323 e. The molecule has 1 rings (SSSR count). The quantitative estimate of drug-likeness (QED) is 0.574. The molecule has 5 heteroatoms. The lowest BCUT2D eigenvalue weighted by atomic mass is 9.90. The van der Waals surface area contributed by atoms with Crippen molar-refractivity contribution in [2.24, 2.45) is 0 Å². The number of carboxylic acids is 1. The molecule has 0 aromatic carbocycles. The minimum absolute atomic E-state index is 0.141. The lowest BCUT2D eigenvalue weighted by molar-refractivity contribution is -0.145. The fourth-order valence-corrected chi connectivity index (χ4v) is 2.27. The Kier molecular flexibility index (Phi) is 7.10. The van der Waals surface area contributed by atoms with Crippen LogP contribution in [0.4, 0.5) is 0 Å². The Hall–Kier alpha value is -0.650. The first-order valence-corrected chi connectivity index (χ1v) is 8.02. The summed E-state index contributed by atoms with van der Waals surface area (Å²) in [4.78, 5) is 11.6. The lowest BCUT2D eigenvalue weighted by Crippen LogP contribution is -2.52. The van der Waals surface area contributed by atoms with Crippen LogP contribution >= 0.6 is 0 Å². The summed E-state index contributed by atoms with van der Waals surface area (Å²) < 4.78 is 11.1. The van der Waals surface area contributed by atoms with Crippen LogP contribution in [0.3, 0.4) is 0 Å². The molecule has 0 saturated heterocycles. The van der Waals surface area contributed by atoms with Gasteiger partial charge < -0.3 is 14.6 Å². The third kappa shape index (κ3) is 7.25. The second-order valence-electron chi connectivity index (χ2n) is 6.84. The van der Waals surface area contributed by atoms with Gasteiger partial charge in [-0.1, -0.05) is 6.92 Å². The predicted molar refractivity (Wildman–Crippen MR) is 82.6 cm³/mol. The standard InChI is InChI=1S/C16H31NO4/c1-5-16(14(18)19,17-13-7-8-13)9-6-10-20-11-12-21-15(2,3)4/h13,17H,5-12H2,1-4H3,(H,18,19). The van der Waals surface area contributed by atoms with Crippen molar-refractivity contribution in [1.29, 1.82) is 0 Å². The van der Waals surface area contributed by atoms with Gasteiger partial charge in [-0.15, -0.1) is 0 Å². The van der Waals surface area contributed by atoms with Gasteiger partial charge in [-0.25, -0.2) is 0 Å². The molecule has 0 aromatic heterocycles. The van der Waals surface area contributed by atoms with Gasteiger partial charge in [0.1, 0.15) is 5.54 Å². The van der Waals surface area contributed by atoms with Crippen LogP contribution < -0.4 is 5.32 Å². The summed E-state index contributed by atoms with van der Waals surface area (Å²) in [6.07, 6.45) is 4.14. The Balaban J connectivity index is 2.19. The zero-order valence-corrected chi connectivity index (χ0v) is 13.9. The van der Waals surface area contributed by atoms with E-state index in [9.17, 15) is 9.90 Å². The molecule has 0 radical (unpaired) electrons. The summed E-state index contributed by atoms with van der Waals surface area (Å²) in [6, 6.07) is 0.391. The van der Waals surface area contributed by atoms with Crippen molar-refractivity contribution in [3.05, 3.63) is 0 Å². The third-order valence-corrected chi connectivity index (χ3v) is 3.73. The van der Waals surface area contributed by atoms with Crippen molar-refractivity contribution < 1.29 is 19.4 Å². The number of hydrogen-bond donors (Lipinski definition) is 2. The third-order valence-electron chi connectivity index (χ3n) is 3.73. The first kappa shape index (κ1) is 18.4. The smallest absolute Gasteiger partial charge is 0.323 e. The van der Waals surface area contributed by atoms with Crippen LogP contribution in [-0.4, -0.2) is 48.1 Å². The molecule has 5 nitrogen and oxygen atoms in total. The SMILES string of the molecule is CCC(CCCOCCOC(C)(C)C)(NC1CC1)C(=O)O. The number of carboxylic acid groups (broad SMARTS) is 1. The van der Waals surface area contributed by atoms with E-state index in [0.717, 1.165) is 19.3 Å². The monoisotopic (exact) mass is 301 g/mol. The molecule has 0 bridgehead atoms. The van der Waals surface area contributed by atoms with Gasteiger partial charge in [0.25, 0.3) is 0 Å². The van der Waals surface area contributed by atoms with Crippen molar-refractivity contribution in [3.8, 4) is 0 Å². The Bertz CT molecular complexity index is 323. The van der Waals surface area contributed by atoms with Gasteiger partial charge >= 0.3 is 5.97 Å². The largest absolute Gasteiger partial charge is 0.480 e. The molecule has 1 unspecified atom stereocenters. The molecule has 1 saturated carbocycles. The van der Waals surface area contributed by atoms with Crippen molar-refractivity contribution in [1.82, 2.24) is 5.32 Å². The van der Waals surface area contributed by atoms with Crippen molar-refractivity contribution in [2.45, 2.75) is 77.0 Å². The molecule has 1 aliphatic rings. The van der Waals surface area contributed by atoms with Gasteiger partial charge in [0.05, 0.1) is 18.8 Å². The summed E-state index contributed by atoms with van der Waals surface area (Å²) >= 11 is 0. The molecule has 1 atom stereocenters. The first-order valence-electron chi connectivity index (χ1n) is 8.02. The van der Waals surface area contributed by atoms with Crippen LogP contribution in [0.2, 0.25) is 0 Å². The van der Waals surface area contributed by atoms with E-state index in [0.29, 0.717) is 38.7 Å². The van der Waals surface area contributed by atoms with Crippen LogP contribution in [0.5, 0.6) is 0 Å². The molecule has 1 aliphatic carbocycles. The number of hydrogen-bond acceptors (Lipinski definition) is 4. The first-order chi connectivity index (χ1) is 9.79. The highest BCUT2D eigenvalue weighted by Gasteiger charge is 2.40. The fourth-order valence-electron chi connectivity index (χ4n) is 2.27. The van der Waals surface area contributed by atoms with Crippen molar-refractivity contribution in [3.63, 3.8) is 0 Å². The van der Waals surface area contributed by atoms with Crippen LogP contribution in [0.15, 0.2) is 0 Å². The Labute approximate surface area is 128 Å². The predicted octanol–water partition coefficient (Wildman–Crippen LogP) is 2.58. The van der Waals surface area contributed by atoms with Crippen LogP contribution in [0, 0.1) is 0 Å². The molecule has 0 aromatic rings. The van der Waals surface area contributed by atoms with E-state index in [2.05, 4.69) is 5.32 Å². The van der Waals surface area contributed by atoms with Gasteiger partial charge in [0.2, 0.25) is 0 Å². The Morgan fingerprint density at radius 1 is 1.24 bits per heavy atom. The molecule has 1 fully saturated rings. The minimum atomic E-state index is -0.785. The molecular weight excluding hydrogens is 270 g/mol. The molecule has 0 amide bonds. The van der Waals surface area contributed by atoms with Crippen LogP contribution in [-0.2, 0) is 14.3 Å². The lowest BCUT2D eigenvalue weighted by Gasteiger charge is -2.29. The average molecular weight is 301 g/mol. The van der Waals surface area contributed by atoms with Gasteiger partial charge in [-0.05, 0) is 52.9 Å². The van der Waals surface area contributed by atoms with Gasteiger partial charge in [-0.2, -0.15) is 0 Å². The van der Waals surface area contributed by atoms with E-state index in [1.165, 1.54) is 0 Å². The van der Waals surface area contributed by atoms with E-state index in [-0.39, 0.29) is 5.60 Å². The fraction of sp³-hybridized carbons (Fsp3) is 0.938. The molecule has 124 valence electrons. The number of carbonyl (C=O) groups is 1. The van der Waals surface area contributed by atoms with E-state index in [1.54, 1.807) is 0 Å². The van der Waals surface area contributed by atoms with Crippen molar-refractivity contribution in [2.75, 3.05) is 19.8 Å². The molecule has 0 heterocycles. The topological polar surface area (TPSA) is 67.8 Å². The summed E-state index contributed by atoms with van der Waals surface area (Å²) in [7, 11) is 0. The number of ether oxygens (including phenoxy) is 2. The number of nitrogens with one attached hydrogen (secondary N) is 1. The van der Waals surface area contributed by atoms with E-state index < -0.39 is 11.5 Å². The summed E-state index contributed by atoms with van der Waals surface area (Å²) in [6.45, 7) is 9.68. The Morgan fingerprint density at radius 3 is 2.38 bits per heavy atom. The van der Waals surface area contributed by atoms with E-state index >= 15 is 0 Å². The zero-order valence-electron chi connectivity index (χ0n) is 13.9. The second kappa shape index (κ2) is 8.11. The molecule has 0 aliphatic heterocycles. The summed E-state index contributed by atoms with van der Waals surface area (Å²) in [5, 5.41) is 12.8. The van der Waals surface area contributed by atoms with Gasteiger partial charge in [0, 0.05) is 12.6 Å². The van der Waals surface area contributed by atoms with Crippen molar-refractivity contribution >= 4 is 5.97 Å². The summed E-state index contributed by atoms with van der Waals surface area (Å²) in [5.41, 5.74) is -0.926. The van der Waals surface area contributed by atoms with Gasteiger partial charge in [-0.3, -0.25) is 10.1 Å².